The van der Waals surface area contributed by atoms with Crippen molar-refractivity contribution in [2.45, 2.75) is 0 Å². The second-order valence-corrected chi connectivity index (χ2v) is 11.2. The third-order valence-corrected chi connectivity index (χ3v) is 8.24. The van der Waals surface area contributed by atoms with Gasteiger partial charge in [-0.05, 0) is 60.7 Å². The zero-order valence-corrected chi connectivity index (χ0v) is 26.6. The molecule has 0 saturated carbocycles. The molecule has 0 saturated heterocycles. The van der Waals surface area contributed by atoms with E-state index in [1.165, 1.54) is 6.33 Å². The van der Waals surface area contributed by atoms with Gasteiger partial charge in [-0.1, -0.05) is 36.4 Å². The van der Waals surface area contributed by atoms with Crippen molar-refractivity contribution in [1.82, 2.24) is 34.9 Å². The van der Waals surface area contributed by atoms with Crippen molar-refractivity contribution < 1.29 is 9.47 Å². The second kappa shape index (κ2) is 12.7. The molecule has 49 heavy (non-hydrogen) atoms. The number of pyridine rings is 2. The fraction of sp³-hybridized carbons (Fsp3) is 0.0526. The Bertz CT molecular complexity index is 2240. The molecule has 0 aliphatic heterocycles. The number of aromatic nitrogens is 7. The average Bonchev–Trinajstić information content (AvgIpc) is 3.48. The number of anilines is 4. The lowest BCUT2D eigenvalue weighted by Crippen LogP contribution is -2.10. The molecule has 11 nitrogen and oxygen atoms in total. The molecule has 0 spiro atoms. The van der Waals surface area contributed by atoms with Crippen LogP contribution in [0.3, 0.4) is 0 Å². The summed E-state index contributed by atoms with van der Waals surface area (Å²) in [5, 5.41) is 18.9. The minimum absolute atomic E-state index is 0.374. The molecule has 0 fully saturated rings. The number of rotatable bonds is 9. The summed E-state index contributed by atoms with van der Waals surface area (Å²) in [4.78, 5) is 12.8. The van der Waals surface area contributed by atoms with Crippen LogP contribution in [0.1, 0.15) is 0 Å². The van der Waals surface area contributed by atoms with Crippen LogP contribution in [0.25, 0.3) is 27.8 Å². The highest BCUT2D eigenvalue weighted by molar-refractivity contribution is 6.10. The monoisotopic (exact) mass is 643 g/mol. The third kappa shape index (κ3) is 5.92. The van der Waals surface area contributed by atoms with Gasteiger partial charge in [0, 0.05) is 84.3 Å². The van der Waals surface area contributed by atoms with Gasteiger partial charge in [0.1, 0.15) is 11.5 Å². The first-order valence-electron chi connectivity index (χ1n) is 15.5. The number of hydrogen-bond acceptors (Lipinski definition) is 10. The van der Waals surface area contributed by atoms with Crippen LogP contribution in [-0.2, 0) is 0 Å². The molecule has 0 amide bonds. The van der Waals surface area contributed by atoms with Gasteiger partial charge >= 0.3 is 0 Å². The summed E-state index contributed by atoms with van der Waals surface area (Å²) in [6.07, 6.45) is 4.75. The van der Waals surface area contributed by atoms with E-state index >= 15 is 0 Å². The summed E-state index contributed by atoms with van der Waals surface area (Å²) in [6.45, 7) is 0. The SMILES string of the molecule is CN(c1cccc(Oc2ccccn2)c1)c1ccc2c3ccc(N(C)c4cccc(Oc5ccccn5)c4)cc3n(-c3nncnn3)c2c1. The van der Waals surface area contributed by atoms with Crippen molar-refractivity contribution in [2.75, 3.05) is 23.9 Å². The van der Waals surface area contributed by atoms with E-state index in [2.05, 4.69) is 76.6 Å². The summed E-state index contributed by atoms with van der Waals surface area (Å²) in [5.41, 5.74) is 5.66. The highest BCUT2D eigenvalue weighted by atomic mass is 16.5. The van der Waals surface area contributed by atoms with Crippen molar-refractivity contribution >= 4 is 44.6 Å². The lowest BCUT2D eigenvalue weighted by atomic mass is 10.1. The Kier molecular flexibility index (Phi) is 7.67. The molecule has 11 heteroatoms. The van der Waals surface area contributed by atoms with Gasteiger partial charge in [0.05, 0.1) is 11.0 Å². The van der Waals surface area contributed by atoms with E-state index in [0.29, 0.717) is 29.2 Å². The summed E-state index contributed by atoms with van der Waals surface area (Å²) in [7, 11) is 4.05. The Labute approximate surface area is 281 Å². The lowest BCUT2D eigenvalue weighted by molar-refractivity contribution is 0.463. The van der Waals surface area contributed by atoms with E-state index in [4.69, 9.17) is 9.47 Å². The maximum absolute atomic E-state index is 6.00. The summed E-state index contributed by atoms with van der Waals surface area (Å²) >= 11 is 0. The van der Waals surface area contributed by atoms with E-state index in [-0.39, 0.29) is 0 Å². The zero-order chi connectivity index (χ0) is 33.2. The van der Waals surface area contributed by atoms with Crippen LogP contribution in [0.2, 0.25) is 0 Å². The molecule has 4 aromatic heterocycles. The molecule has 0 radical (unpaired) electrons. The molecule has 4 heterocycles. The molecular weight excluding hydrogens is 614 g/mol. The van der Waals surface area contributed by atoms with E-state index in [1.807, 2.05) is 104 Å². The van der Waals surface area contributed by atoms with Gasteiger partial charge in [0.2, 0.25) is 11.8 Å². The Morgan fingerprint density at radius 1 is 0.510 bits per heavy atom. The van der Waals surface area contributed by atoms with Crippen LogP contribution in [0.5, 0.6) is 23.3 Å². The molecular formula is C38H29N9O2. The van der Waals surface area contributed by atoms with Gasteiger partial charge in [-0.2, -0.15) is 0 Å². The van der Waals surface area contributed by atoms with Crippen LogP contribution in [0.15, 0.2) is 140 Å². The molecule has 8 aromatic rings. The molecule has 238 valence electrons. The standard InChI is InChI=1S/C38H29N9O2/c1-45(26-9-7-11-30(21-26)48-36-13-3-5-19-39-36)28-15-17-32-33-18-16-29(24-35(33)47(34(32)23-28)38-43-41-25-42-44-38)46(2)27-10-8-12-31(22-27)49-37-14-4-6-20-40-37/h3-25H,1-2H3. The van der Waals surface area contributed by atoms with E-state index in [9.17, 15) is 0 Å². The summed E-state index contributed by atoms with van der Waals surface area (Å²) < 4.78 is 14.0. The molecule has 8 rings (SSSR count). The quantitative estimate of drug-likeness (QED) is 0.152. The smallest absolute Gasteiger partial charge is 0.273 e. The Morgan fingerprint density at radius 3 is 1.47 bits per heavy atom. The topological polar surface area (TPSA) is 107 Å². The highest BCUT2D eigenvalue weighted by Crippen LogP contribution is 2.38. The van der Waals surface area contributed by atoms with Gasteiger partial charge in [-0.3, -0.25) is 4.57 Å². The van der Waals surface area contributed by atoms with E-state index in [1.54, 1.807) is 12.4 Å². The highest BCUT2D eigenvalue weighted by Gasteiger charge is 2.18. The predicted molar refractivity (Wildman–Crippen MR) is 190 cm³/mol. The van der Waals surface area contributed by atoms with Gasteiger partial charge in [-0.25, -0.2) is 9.97 Å². The van der Waals surface area contributed by atoms with Crippen molar-refractivity contribution in [2.24, 2.45) is 0 Å². The Hall–Kier alpha value is -6.88. The van der Waals surface area contributed by atoms with Gasteiger partial charge < -0.3 is 19.3 Å². The first kappa shape index (κ1) is 29.5. The maximum atomic E-state index is 6.00. The minimum Gasteiger partial charge on any atom is -0.439 e. The first-order valence-corrected chi connectivity index (χ1v) is 15.5. The van der Waals surface area contributed by atoms with Crippen LogP contribution in [0.4, 0.5) is 22.7 Å². The number of fused-ring (bicyclic) bond motifs is 3. The van der Waals surface area contributed by atoms with Gasteiger partial charge in [0.25, 0.3) is 5.95 Å². The van der Waals surface area contributed by atoms with Crippen LogP contribution < -0.4 is 19.3 Å². The Morgan fingerprint density at radius 2 is 1.00 bits per heavy atom. The molecule has 4 aromatic carbocycles. The summed E-state index contributed by atoms with van der Waals surface area (Å²) in [6, 6.07) is 39.7. The van der Waals surface area contributed by atoms with Crippen LogP contribution in [-0.4, -0.2) is 49.0 Å². The van der Waals surface area contributed by atoms with Crippen molar-refractivity contribution in [1.29, 1.82) is 0 Å². The van der Waals surface area contributed by atoms with Crippen molar-refractivity contribution in [3.63, 3.8) is 0 Å². The molecule has 0 aliphatic carbocycles. The number of ether oxygens (including phenoxy) is 2. The Balaban J connectivity index is 1.17. The minimum atomic E-state index is 0.374. The molecule has 0 aliphatic rings. The molecule has 0 unspecified atom stereocenters. The molecule has 0 bridgehead atoms. The first-order chi connectivity index (χ1) is 24.1. The van der Waals surface area contributed by atoms with Crippen LogP contribution in [0, 0.1) is 0 Å². The third-order valence-electron chi connectivity index (χ3n) is 8.24. The normalized spacial score (nSPS) is 11.1. The van der Waals surface area contributed by atoms with E-state index in [0.717, 1.165) is 44.6 Å². The number of hydrogen-bond donors (Lipinski definition) is 0. The fourth-order valence-corrected chi connectivity index (χ4v) is 5.78. The molecule has 0 N–H and O–H groups in total. The van der Waals surface area contributed by atoms with Crippen molar-refractivity contribution in [3.8, 4) is 29.2 Å². The summed E-state index contributed by atoms with van der Waals surface area (Å²) in [5.74, 6) is 2.83. The number of benzene rings is 4. The lowest BCUT2D eigenvalue weighted by Gasteiger charge is -2.21. The average molecular weight is 644 g/mol. The van der Waals surface area contributed by atoms with Gasteiger partial charge in [-0.15, -0.1) is 20.4 Å². The maximum Gasteiger partial charge on any atom is 0.273 e. The second-order valence-electron chi connectivity index (χ2n) is 11.2. The predicted octanol–water partition coefficient (Wildman–Crippen LogP) is 8.27. The zero-order valence-electron chi connectivity index (χ0n) is 26.6. The molecule has 0 atom stereocenters. The largest absolute Gasteiger partial charge is 0.439 e. The van der Waals surface area contributed by atoms with Crippen LogP contribution >= 0.6 is 0 Å². The van der Waals surface area contributed by atoms with Gasteiger partial charge in [0.15, 0.2) is 6.33 Å². The van der Waals surface area contributed by atoms with E-state index < -0.39 is 0 Å². The fourth-order valence-electron chi connectivity index (χ4n) is 5.78. The number of nitrogens with zero attached hydrogens (tertiary/aromatic N) is 9. The van der Waals surface area contributed by atoms with Crippen molar-refractivity contribution in [3.05, 3.63) is 140 Å².